The van der Waals surface area contributed by atoms with Crippen LogP contribution in [0.4, 0.5) is 11.4 Å². The molecule has 0 spiro atoms. The van der Waals surface area contributed by atoms with Crippen LogP contribution < -0.4 is 26.6 Å². The number of nitrogens with one attached hydrogen (secondary N) is 3. The second-order valence-electron chi connectivity index (χ2n) is 9.97. The van der Waals surface area contributed by atoms with Crippen LogP contribution >= 0.6 is 0 Å². The van der Waals surface area contributed by atoms with Gasteiger partial charge in [0.05, 0.1) is 5.70 Å². The molecule has 1 aliphatic heterocycles. The fraction of sp³-hybridized carbons (Fsp3) is 0.406. The molecule has 1 heterocycles. The molecule has 2 aromatic carbocycles. The molecule has 5 N–H and O–H groups in total. The lowest BCUT2D eigenvalue weighted by atomic mass is 10.0. The minimum Gasteiger partial charge on any atom is -0.385 e. The quantitative estimate of drug-likeness (QED) is 0.226. The number of nitrogens with zero attached hydrogens (tertiary/aromatic N) is 1. The number of para-hydroxylation sites is 1. The van der Waals surface area contributed by atoms with Crippen LogP contribution in [0.3, 0.4) is 0 Å². The molecule has 3 rings (SSSR count). The van der Waals surface area contributed by atoms with E-state index in [0.717, 1.165) is 54.0 Å². The molecule has 0 aromatic heterocycles. The summed E-state index contributed by atoms with van der Waals surface area (Å²) in [5, 5.41) is 9.96. The highest BCUT2D eigenvalue weighted by atomic mass is 16.1. The smallest absolute Gasteiger partial charge is 0.255 e. The summed E-state index contributed by atoms with van der Waals surface area (Å²) in [4.78, 5) is 15.7. The number of dihydropyridines is 1. The van der Waals surface area contributed by atoms with E-state index in [1.807, 2.05) is 49.4 Å². The van der Waals surface area contributed by atoms with Crippen molar-refractivity contribution in [2.24, 2.45) is 5.73 Å². The van der Waals surface area contributed by atoms with Crippen LogP contribution in [-0.2, 0) is 0 Å². The van der Waals surface area contributed by atoms with Crippen molar-refractivity contribution in [2.45, 2.75) is 72.9 Å². The Morgan fingerprint density at radius 3 is 2.37 bits per heavy atom. The molecule has 0 fully saturated rings. The number of allylic oxidation sites excluding steroid dienone is 2. The summed E-state index contributed by atoms with van der Waals surface area (Å²) in [7, 11) is 0. The Labute approximate surface area is 229 Å². The summed E-state index contributed by atoms with van der Waals surface area (Å²) in [5.74, 6) is 0.389. The van der Waals surface area contributed by atoms with Gasteiger partial charge in [0.1, 0.15) is 12.0 Å². The molecule has 204 valence electrons. The lowest BCUT2D eigenvalue weighted by Crippen LogP contribution is -2.41. The maximum Gasteiger partial charge on any atom is 0.255 e. The Hall–Kier alpha value is -3.67. The number of unbranched alkanes of at least 4 members (excludes halogenated alkanes) is 2. The van der Waals surface area contributed by atoms with Gasteiger partial charge in [0, 0.05) is 35.6 Å². The molecule has 38 heavy (non-hydrogen) atoms. The van der Waals surface area contributed by atoms with Crippen molar-refractivity contribution >= 4 is 17.3 Å². The van der Waals surface area contributed by atoms with Crippen LogP contribution in [0.25, 0.3) is 0 Å². The summed E-state index contributed by atoms with van der Waals surface area (Å²) in [6.07, 6.45) is 9.39. The number of amides is 1. The number of anilines is 2. The van der Waals surface area contributed by atoms with Crippen LogP contribution in [-0.4, -0.2) is 25.2 Å². The third-order valence-electron chi connectivity index (χ3n) is 7.00. The van der Waals surface area contributed by atoms with Gasteiger partial charge in [0.25, 0.3) is 5.91 Å². The molecule has 0 saturated carbocycles. The van der Waals surface area contributed by atoms with E-state index in [1.165, 1.54) is 24.9 Å². The normalized spacial score (nSPS) is 15.6. The monoisotopic (exact) mass is 515 g/mol. The van der Waals surface area contributed by atoms with E-state index < -0.39 is 0 Å². The van der Waals surface area contributed by atoms with Crippen molar-refractivity contribution < 1.29 is 4.79 Å². The minimum atomic E-state index is -0.144. The Bertz CT molecular complexity index is 1160. The zero-order chi connectivity index (χ0) is 27.5. The first-order valence-corrected chi connectivity index (χ1v) is 14.0. The standard InChI is InChI=1S/C32H45N5O/c1-6-9-12-22-37(21-7-2)26-17-15-25(16-18-26)32(38)36-30(23(4)8-3)27-19-20-29(35-31(27)33)34-28-14-11-10-13-24(28)5/h10-11,13-20,29,34-35H,6-9,12,21-22,33H2,1-5H3,(H,36,38)/b30-23-. The van der Waals surface area contributed by atoms with Gasteiger partial charge in [0.2, 0.25) is 0 Å². The number of rotatable bonds is 13. The highest BCUT2D eigenvalue weighted by Crippen LogP contribution is 2.23. The fourth-order valence-corrected chi connectivity index (χ4v) is 4.56. The van der Waals surface area contributed by atoms with E-state index in [9.17, 15) is 4.79 Å². The zero-order valence-corrected chi connectivity index (χ0v) is 23.7. The number of carbonyl (C=O) groups is 1. The highest BCUT2D eigenvalue weighted by molar-refractivity contribution is 5.96. The van der Waals surface area contributed by atoms with Gasteiger partial charge < -0.3 is 26.6 Å². The second-order valence-corrected chi connectivity index (χ2v) is 9.97. The molecular formula is C32H45N5O. The van der Waals surface area contributed by atoms with Gasteiger partial charge in [-0.1, -0.05) is 51.8 Å². The highest BCUT2D eigenvalue weighted by Gasteiger charge is 2.20. The van der Waals surface area contributed by atoms with Gasteiger partial charge in [-0.15, -0.1) is 0 Å². The number of aryl methyl sites for hydroxylation is 1. The van der Waals surface area contributed by atoms with Crippen LogP contribution in [0.1, 0.15) is 75.7 Å². The predicted molar refractivity (Wildman–Crippen MR) is 161 cm³/mol. The van der Waals surface area contributed by atoms with Crippen molar-refractivity contribution in [1.29, 1.82) is 0 Å². The van der Waals surface area contributed by atoms with Gasteiger partial charge in [-0.3, -0.25) is 4.79 Å². The Morgan fingerprint density at radius 1 is 1.00 bits per heavy atom. The molecule has 6 nitrogen and oxygen atoms in total. The van der Waals surface area contributed by atoms with Crippen molar-refractivity contribution in [3.63, 3.8) is 0 Å². The van der Waals surface area contributed by atoms with Crippen molar-refractivity contribution in [3.8, 4) is 0 Å². The maximum absolute atomic E-state index is 13.3. The van der Waals surface area contributed by atoms with Crippen molar-refractivity contribution in [3.05, 3.63) is 94.5 Å². The second kappa shape index (κ2) is 14.3. The first-order chi connectivity index (χ1) is 18.4. The Balaban J connectivity index is 1.73. The first-order valence-electron chi connectivity index (χ1n) is 14.0. The summed E-state index contributed by atoms with van der Waals surface area (Å²) in [5.41, 5.74) is 13.1. The predicted octanol–water partition coefficient (Wildman–Crippen LogP) is 6.58. The molecule has 1 amide bonds. The zero-order valence-electron chi connectivity index (χ0n) is 23.7. The number of hydrogen-bond donors (Lipinski definition) is 4. The van der Waals surface area contributed by atoms with Gasteiger partial charge in [-0.2, -0.15) is 0 Å². The molecule has 0 bridgehead atoms. The number of nitrogens with two attached hydrogens (primary N) is 1. The number of carbonyl (C=O) groups excluding carboxylic acids is 1. The van der Waals surface area contributed by atoms with E-state index >= 15 is 0 Å². The molecule has 1 aliphatic rings. The van der Waals surface area contributed by atoms with E-state index in [2.05, 4.69) is 66.7 Å². The van der Waals surface area contributed by atoms with Gasteiger partial charge >= 0.3 is 0 Å². The fourth-order valence-electron chi connectivity index (χ4n) is 4.56. The summed E-state index contributed by atoms with van der Waals surface area (Å²) in [6.45, 7) is 12.7. The first kappa shape index (κ1) is 28.9. The molecule has 0 radical (unpaired) electrons. The summed E-state index contributed by atoms with van der Waals surface area (Å²) >= 11 is 0. The van der Waals surface area contributed by atoms with Crippen LogP contribution in [0.5, 0.6) is 0 Å². The average molecular weight is 516 g/mol. The van der Waals surface area contributed by atoms with Crippen molar-refractivity contribution in [2.75, 3.05) is 23.3 Å². The van der Waals surface area contributed by atoms with Crippen LogP contribution in [0.15, 0.2) is 83.3 Å². The molecule has 0 aliphatic carbocycles. The Kier molecular flexibility index (Phi) is 10.9. The summed E-state index contributed by atoms with van der Waals surface area (Å²) < 4.78 is 0. The van der Waals surface area contributed by atoms with Gasteiger partial charge in [-0.05, 0) is 86.7 Å². The molecule has 0 saturated heterocycles. The Morgan fingerprint density at radius 2 is 1.74 bits per heavy atom. The molecule has 1 atom stereocenters. The van der Waals surface area contributed by atoms with Gasteiger partial charge in [0.15, 0.2) is 0 Å². The van der Waals surface area contributed by atoms with Crippen LogP contribution in [0.2, 0.25) is 0 Å². The van der Waals surface area contributed by atoms with Gasteiger partial charge in [-0.25, -0.2) is 0 Å². The molecule has 2 aromatic rings. The van der Waals surface area contributed by atoms with E-state index in [-0.39, 0.29) is 12.1 Å². The number of benzene rings is 2. The third kappa shape index (κ3) is 7.67. The maximum atomic E-state index is 13.3. The summed E-state index contributed by atoms with van der Waals surface area (Å²) in [6, 6.07) is 16.1. The SMILES string of the molecule is CCCCCN(CCC)c1ccc(C(=O)N/C(C2=C(N)NC(Nc3ccccc3C)C=C2)=C(/C)CC)cc1. The third-order valence-corrected chi connectivity index (χ3v) is 7.00. The molecule has 6 heteroatoms. The minimum absolute atomic E-state index is 0.138. The molecular weight excluding hydrogens is 470 g/mol. The lowest BCUT2D eigenvalue weighted by Gasteiger charge is -2.27. The largest absolute Gasteiger partial charge is 0.385 e. The van der Waals surface area contributed by atoms with E-state index in [1.54, 1.807) is 0 Å². The topological polar surface area (TPSA) is 82.4 Å². The lowest BCUT2D eigenvalue weighted by molar-refractivity contribution is 0.0966. The number of hydrogen-bond acceptors (Lipinski definition) is 5. The molecule has 1 unspecified atom stereocenters. The van der Waals surface area contributed by atoms with E-state index in [0.29, 0.717) is 11.4 Å². The van der Waals surface area contributed by atoms with E-state index in [4.69, 9.17) is 5.73 Å². The average Bonchev–Trinajstić information content (AvgIpc) is 2.92. The van der Waals surface area contributed by atoms with Crippen LogP contribution in [0, 0.1) is 6.92 Å². The van der Waals surface area contributed by atoms with Crippen molar-refractivity contribution in [1.82, 2.24) is 10.6 Å².